The third-order valence-electron chi connectivity index (χ3n) is 3.52. The molecular formula is C17H20FN3O3S2. The van der Waals surface area contributed by atoms with Gasteiger partial charge in [-0.05, 0) is 55.2 Å². The van der Waals surface area contributed by atoms with Crippen molar-refractivity contribution in [1.29, 1.82) is 0 Å². The van der Waals surface area contributed by atoms with Crippen LogP contribution in [0.15, 0.2) is 47.5 Å². The van der Waals surface area contributed by atoms with Crippen LogP contribution in [0.4, 0.5) is 10.2 Å². The molecule has 0 aliphatic heterocycles. The van der Waals surface area contributed by atoms with Crippen molar-refractivity contribution in [3.05, 3.63) is 54.0 Å². The summed E-state index contributed by atoms with van der Waals surface area (Å²) in [5.74, 6) is -0.533. The Balaban J connectivity index is 2.21. The third-order valence-corrected chi connectivity index (χ3v) is 5.67. The van der Waals surface area contributed by atoms with E-state index in [1.54, 1.807) is 18.3 Å². The van der Waals surface area contributed by atoms with Crippen LogP contribution in [0.3, 0.4) is 0 Å². The normalized spacial score (nSPS) is 12.6. The minimum absolute atomic E-state index is 0.256. The highest BCUT2D eigenvalue weighted by atomic mass is 32.2. The van der Waals surface area contributed by atoms with E-state index in [0.717, 1.165) is 17.7 Å². The molecule has 0 unspecified atom stereocenters. The Bertz CT molecular complexity index is 875. The van der Waals surface area contributed by atoms with Gasteiger partial charge in [0.1, 0.15) is 22.6 Å². The van der Waals surface area contributed by atoms with Crippen LogP contribution in [0, 0.1) is 12.7 Å². The zero-order chi connectivity index (χ0) is 19.2. The van der Waals surface area contributed by atoms with Crippen molar-refractivity contribution in [2.24, 2.45) is 0 Å². The van der Waals surface area contributed by atoms with Crippen molar-refractivity contribution in [1.82, 2.24) is 9.71 Å². The first-order chi connectivity index (χ1) is 12.3. The summed E-state index contributed by atoms with van der Waals surface area (Å²) in [5.41, 5.74) is 0.905. The average Bonchev–Trinajstić information content (AvgIpc) is 2.58. The van der Waals surface area contributed by atoms with E-state index in [9.17, 15) is 17.6 Å². The molecule has 6 nitrogen and oxygen atoms in total. The number of carbonyl (C=O) groups excluding carboxylic acids is 1. The smallest absolute Gasteiger partial charge is 0.244 e. The lowest BCUT2D eigenvalue weighted by Gasteiger charge is -2.18. The van der Waals surface area contributed by atoms with Gasteiger partial charge in [0.2, 0.25) is 15.9 Å². The molecule has 0 bridgehead atoms. The maximum Gasteiger partial charge on any atom is 0.244 e. The molecule has 2 N–H and O–H groups in total. The molecule has 0 saturated heterocycles. The summed E-state index contributed by atoms with van der Waals surface area (Å²) in [6, 6.07) is 7.44. The summed E-state index contributed by atoms with van der Waals surface area (Å²) in [6.07, 6.45) is 3.65. The summed E-state index contributed by atoms with van der Waals surface area (Å²) in [7, 11) is -4.18. The summed E-state index contributed by atoms with van der Waals surface area (Å²) in [6.45, 7) is 1.85. The number of aryl methyl sites for hydroxylation is 1. The van der Waals surface area contributed by atoms with E-state index < -0.39 is 32.7 Å². The van der Waals surface area contributed by atoms with Gasteiger partial charge in [-0.15, -0.1) is 0 Å². The number of nitrogens with one attached hydrogen (secondary N) is 2. The molecular weight excluding hydrogens is 377 g/mol. The number of anilines is 1. The molecule has 140 valence electrons. The monoisotopic (exact) mass is 397 g/mol. The molecule has 1 aromatic heterocycles. The van der Waals surface area contributed by atoms with Gasteiger partial charge in [0.25, 0.3) is 0 Å². The Labute approximate surface area is 156 Å². The van der Waals surface area contributed by atoms with Crippen LogP contribution in [0.5, 0.6) is 0 Å². The highest BCUT2D eigenvalue weighted by Gasteiger charge is 2.27. The molecule has 0 aliphatic carbocycles. The predicted molar refractivity (Wildman–Crippen MR) is 101 cm³/mol. The first-order valence-electron chi connectivity index (χ1n) is 7.83. The molecule has 9 heteroatoms. The number of aromatic nitrogens is 1. The highest BCUT2D eigenvalue weighted by molar-refractivity contribution is 7.98. The number of pyridine rings is 1. The molecule has 1 atom stereocenters. The number of nitrogens with zero attached hydrogens (tertiary/aromatic N) is 1. The largest absolute Gasteiger partial charge is 0.309 e. The van der Waals surface area contributed by atoms with Crippen LogP contribution in [0.25, 0.3) is 0 Å². The molecule has 0 saturated carbocycles. The van der Waals surface area contributed by atoms with Crippen molar-refractivity contribution in [2.45, 2.75) is 24.3 Å². The van der Waals surface area contributed by atoms with Crippen LogP contribution in [0.1, 0.15) is 12.0 Å². The molecule has 1 aromatic carbocycles. The van der Waals surface area contributed by atoms with Crippen molar-refractivity contribution < 1.29 is 17.6 Å². The topological polar surface area (TPSA) is 88.2 Å². The number of hydrogen-bond donors (Lipinski definition) is 2. The summed E-state index contributed by atoms with van der Waals surface area (Å²) >= 11 is 1.48. The zero-order valence-electron chi connectivity index (χ0n) is 14.4. The second kappa shape index (κ2) is 9.11. The van der Waals surface area contributed by atoms with E-state index in [1.165, 1.54) is 23.9 Å². The Morgan fingerprint density at radius 3 is 2.69 bits per heavy atom. The van der Waals surface area contributed by atoms with Gasteiger partial charge >= 0.3 is 0 Å². The zero-order valence-corrected chi connectivity index (χ0v) is 16.0. The van der Waals surface area contributed by atoms with E-state index in [2.05, 4.69) is 15.0 Å². The molecule has 0 aliphatic rings. The maximum atomic E-state index is 13.8. The van der Waals surface area contributed by atoms with Gasteiger partial charge in [-0.2, -0.15) is 16.5 Å². The first-order valence-corrected chi connectivity index (χ1v) is 10.7. The average molecular weight is 397 g/mol. The molecule has 2 aromatic rings. The van der Waals surface area contributed by atoms with Gasteiger partial charge in [-0.3, -0.25) is 4.79 Å². The number of thioether (sulfide) groups is 1. The molecule has 1 amide bonds. The lowest BCUT2D eigenvalue weighted by atomic mass is 10.2. The fraction of sp³-hybridized carbons (Fsp3) is 0.294. The number of halogens is 1. The first kappa shape index (κ1) is 20.3. The van der Waals surface area contributed by atoms with Crippen LogP contribution < -0.4 is 10.0 Å². The highest BCUT2D eigenvalue weighted by Crippen LogP contribution is 2.15. The van der Waals surface area contributed by atoms with Crippen molar-refractivity contribution >= 4 is 33.5 Å². The number of amides is 1. The van der Waals surface area contributed by atoms with Crippen molar-refractivity contribution in [3.63, 3.8) is 0 Å². The standard InChI is InChI=1S/C17H20FN3O3S2/c1-12-7-9-19-16(11-12)20-17(22)14(8-10-25-2)21-26(23,24)15-6-4-3-5-13(15)18/h3-7,9,11,14,21H,8,10H2,1-2H3,(H,19,20,22)/t14-/m1/s1. The predicted octanol–water partition coefficient (Wildman–Crippen LogP) is 2.57. The van der Waals surface area contributed by atoms with E-state index in [1.807, 2.05) is 13.2 Å². The molecule has 0 spiro atoms. The molecule has 2 rings (SSSR count). The maximum absolute atomic E-state index is 13.8. The fourth-order valence-electron chi connectivity index (χ4n) is 2.21. The second-order valence-electron chi connectivity index (χ2n) is 5.59. The van der Waals surface area contributed by atoms with Gasteiger partial charge < -0.3 is 5.32 Å². The second-order valence-corrected chi connectivity index (χ2v) is 8.26. The van der Waals surface area contributed by atoms with Crippen molar-refractivity contribution in [2.75, 3.05) is 17.3 Å². The van der Waals surface area contributed by atoms with Gasteiger partial charge in [-0.1, -0.05) is 12.1 Å². The summed E-state index contributed by atoms with van der Waals surface area (Å²) < 4.78 is 41.1. The molecule has 0 fully saturated rings. The molecule has 26 heavy (non-hydrogen) atoms. The third kappa shape index (κ3) is 5.52. The van der Waals surface area contributed by atoms with Gasteiger partial charge in [0.15, 0.2) is 0 Å². The minimum atomic E-state index is -4.18. The molecule has 0 radical (unpaired) electrons. The fourth-order valence-corrected chi connectivity index (χ4v) is 3.99. The van der Waals surface area contributed by atoms with Crippen LogP contribution in [-0.2, 0) is 14.8 Å². The Morgan fingerprint density at radius 1 is 1.31 bits per heavy atom. The summed E-state index contributed by atoms with van der Waals surface area (Å²) in [4.78, 5) is 16.1. The van der Waals surface area contributed by atoms with E-state index in [-0.39, 0.29) is 6.42 Å². The Hall–Kier alpha value is -1.97. The Kier molecular flexibility index (Phi) is 7.13. The number of rotatable bonds is 8. The van der Waals surface area contributed by atoms with Gasteiger partial charge in [0.05, 0.1) is 0 Å². The van der Waals surface area contributed by atoms with Crippen LogP contribution in [-0.4, -0.2) is 37.4 Å². The van der Waals surface area contributed by atoms with E-state index >= 15 is 0 Å². The summed E-state index contributed by atoms with van der Waals surface area (Å²) in [5, 5.41) is 2.60. The number of hydrogen-bond acceptors (Lipinski definition) is 5. The Morgan fingerprint density at radius 2 is 2.04 bits per heavy atom. The van der Waals surface area contributed by atoms with E-state index in [0.29, 0.717) is 11.6 Å². The lowest BCUT2D eigenvalue weighted by molar-refractivity contribution is -0.117. The minimum Gasteiger partial charge on any atom is -0.309 e. The quantitative estimate of drug-likeness (QED) is 0.715. The lowest BCUT2D eigenvalue weighted by Crippen LogP contribution is -2.44. The van der Waals surface area contributed by atoms with Crippen LogP contribution >= 0.6 is 11.8 Å². The number of benzene rings is 1. The van der Waals surface area contributed by atoms with E-state index in [4.69, 9.17) is 0 Å². The number of carbonyl (C=O) groups is 1. The van der Waals surface area contributed by atoms with Crippen LogP contribution in [0.2, 0.25) is 0 Å². The van der Waals surface area contributed by atoms with Crippen molar-refractivity contribution in [3.8, 4) is 0 Å². The SMILES string of the molecule is CSCC[C@@H](NS(=O)(=O)c1ccccc1F)C(=O)Nc1cc(C)ccn1. The molecule has 1 heterocycles. The number of sulfonamides is 1. The van der Waals surface area contributed by atoms with Gasteiger partial charge in [-0.25, -0.2) is 17.8 Å². The van der Waals surface area contributed by atoms with Gasteiger partial charge in [0, 0.05) is 6.20 Å².